The number of amides is 1. The highest BCUT2D eigenvalue weighted by Crippen LogP contribution is 2.42. The quantitative estimate of drug-likeness (QED) is 0.287. The molecule has 1 fully saturated rings. The van der Waals surface area contributed by atoms with E-state index in [0.717, 1.165) is 59.6 Å². The fraction of sp³-hybridized carbons (Fsp3) is 0.387. The number of hydrogen-bond donors (Lipinski definition) is 1. The van der Waals surface area contributed by atoms with Gasteiger partial charge in [-0.3, -0.25) is 15.0 Å². The fourth-order valence-electron chi connectivity index (χ4n) is 5.69. The van der Waals surface area contributed by atoms with Crippen molar-refractivity contribution in [1.82, 2.24) is 20.1 Å². The van der Waals surface area contributed by atoms with Gasteiger partial charge in [0.2, 0.25) is 0 Å². The molecule has 4 aromatic rings. The summed E-state index contributed by atoms with van der Waals surface area (Å²) in [5.41, 5.74) is 4.01. The number of rotatable bonds is 3. The van der Waals surface area contributed by atoms with E-state index in [4.69, 9.17) is 31.2 Å². The van der Waals surface area contributed by atoms with Gasteiger partial charge in [-0.15, -0.1) is 0 Å². The minimum Gasteiger partial charge on any atom is -0.490 e. The van der Waals surface area contributed by atoms with Gasteiger partial charge in [-0.05, 0) is 81.0 Å². The van der Waals surface area contributed by atoms with Crippen molar-refractivity contribution in [2.24, 2.45) is 0 Å². The Hall–Kier alpha value is -3.58. The summed E-state index contributed by atoms with van der Waals surface area (Å²) in [7, 11) is 0. The van der Waals surface area contributed by atoms with Crippen LogP contribution in [0.25, 0.3) is 22.0 Å². The van der Waals surface area contributed by atoms with Gasteiger partial charge in [-0.25, -0.2) is 4.79 Å². The molecule has 3 heterocycles. The second-order valence-corrected chi connectivity index (χ2v) is 12.0. The summed E-state index contributed by atoms with van der Waals surface area (Å²) in [5, 5.41) is 11.0. The molecule has 0 radical (unpaired) electrons. The molecular formula is C31H33ClN4O3. The van der Waals surface area contributed by atoms with Gasteiger partial charge in [0.1, 0.15) is 11.4 Å². The van der Waals surface area contributed by atoms with Crippen molar-refractivity contribution in [3.63, 3.8) is 0 Å². The fourth-order valence-corrected chi connectivity index (χ4v) is 5.87. The Kier molecular flexibility index (Phi) is 6.71. The number of halogens is 1. The highest BCUT2D eigenvalue weighted by atomic mass is 35.5. The number of hydrogen-bond acceptors (Lipinski definition) is 5. The van der Waals surface area contributed by atoms with Crippen molar-refractivity contribution in [3.8, 4) is 17.0 Å². The number of aromatic amines is 1. The molecule has 1 aliphatic heterocycles. The van der Waals surface area contributed by atoms with E-state index in [1.807, 2.05) is 26.8 Å². The molecule has 39 heavy (non-hydrogen) atoms. The van der Waals surface area contributed by atoms with E-state index in [2.05, 4.69) is 47.6 Å². The van der Waals surface area contributed by atoms with E-state index in [9.17, 15) is 4.79 Å². The minimum atomic E-state index is -0.589. The summed E-state index contributed by atoms with van der Waals surface area (Å²) in [5.74, 6) is 1.20. The highest BCUT2D eigenvalue weighted by Gasteiger charge is 2.34. The van der Waals surface area contributed by atoms with Crippen LogP contribution in [0.3, 0.4) is 0 Å². The predicted molar refractivity (Wildman–Crippen MR) is 152 cm³/mol. The van der Waals surface area contributed by atoms with Gasteiger partial charge >= 0.3 is 6.09 Å². The van der Waals surface area contributed by atoms with Crippen molar-refractivity contribution < 1.29 is 14.3 Å². The Bertz CT molecular complexity index is 1520. The Labute approximate surface area is 233 Å². The zero-order valence-corrected chi connectivity index (χ0v) is 23.3. The summed E-state index contributed by atoms with van der Waals surface area (Å²) >= 11 is 6.33. The van der Waals surface area contributed by atoms with Crippen LogP contribution in [-0.4, -0.2) is 37.9 Å². The van der Waals surface area contributed by atoms with Crippen molar-refractivity contribution in [1.29, 1.82) is 0 Å². The smallest absolute Gasteiger partial charge is 0.410 e. The van der Waals surface area contributed by atoms with Crippen LogP contribution in [0.15, 0.2) is 54.7 Å². The summed E-state index contributed by atoms with van der Waals surface area (Å²) in [6.45, 7) is 6.34. The van der Waals surface area contributed by atoms with Crippen LogP contribution >= 0.6 is 11.6 Å². The number of ether oxygens (including phenoxy) is 2. The van der Waals surface area contributed by atoms with E-state index >= 15 is 0 Å². The lowest BCUT2D eigenvalue weighted by molar-refractivity contribution is 0.0216. The lowest BCUT2D eigenvalue weighted by Crippen LogP contribution is -2.35. The number of benzene rings is 2. The second kappa shape index (κ2) is 10.2. The molecule has 7 nitrogen and oxygen atoms in total. The molecule has 0 bridgehead atoms. The monoisotopic (exact) mass is 544 g/mol. The lowest BCUT2D eigenvalue weighted by Gasteiger charge is -2.29. The number of nitrogens with one attached hydrogen (secondary N) is 1. The van der Waals surface area contributed by atoms with Crippen LogP contribution in [0.4, 0.5) is 4.79 Å². The third-order valence-electron chi connectivity index (χ3n) is 7.49. The average Bonchev–Trinajstić information content (AvgIpc) is 3.23. The van der Waals surface area contributed by atoms with Gasteiger partial charge in [0.15, 0.2) is 0 Å². The minimum absolute atomic E-state index is 0.173. The molecule has 202 valence electrons. The molecule has 2 aliphatic rings. The van der Waals surface area contributed by atoms with Crippen LogP contribution in [0.2, 0.25) is 5.02 Å². The molecular weight excluding hydrogens is 512 g/mol. The third kappa shape index (κ3) is 5.46. The highest BCUT2D eigenvalue weighted by molar-refractivity contribution is 6.30. The molecule has 0 spiro atoms. The Balaban J connectivity index is 1.22. The van der Waals surface area contributed by atoms with E-state index < -0.39 is 5.60 Å². The van der Waals surface area contributed by atoms with Gasteiger partial charge in [0.25, 0.3) is 0 Å². The van der Waals surface area contributed by atoms with Gasteiger partial charge in [-0.1, -0.05) is 41.9 Å². The molecule has 2 aromatic heterocycles. The molecule has 8 heteroatoms. The van der Waals surface area contributed by atoms with Crippen LogP contribution in [0.1, 0.15) is 69.3 Å². The maximum absolute atomic E-state index is 13.0. The SMILES string of the molecule is CC(C)(C)OC(=O)N1Cc2cc(Cl)cnc2-c2c(C3CCC(Oc4ccc5ccccc5c4)CC3)n[nH]c2C1. The zero-order chi connectivity index (χ0) is 27.1. The number of aromatic nitrogens is 3. The van der Waals surface area contributed by atoms with Crippen LogP contribution in [0.5, 0.6) is 5.75 Å². The average molecular weight is 545 g/mol. The predicted octanol–water partition coefficient (Wildman–Crippen LogP) is 7.63. The number of H-pyrrole nitrogens is 1. The molecule has 1 aliphatic carbocycles. The molecule has 0 unspecified atom stereocenters. The van der Waals surface area contributed by atoms with E-state index in [1.54, 1.807) is 11.1 Å². The summed E-state index contributed by atoms with van der Waals surface area (Å²) in [4.78, 5) is 19.4. The van der Waals surface area contributed by atoms with Gasteiger partial charge in [0.05, 0.1) is 41.3 Å². The molecule has 1 N–H and O–H groups in total. The first kappa shape index (κ1) is 25.7. The Morgan fingerprint density at radius 1 is 1.03 bits per heavy atom. The maximum atomic E-state index is 13.0. The normalized spacial score (nSPS) is 19.2. The molecule has 2 aromatic carbocycles. The largest absolute Gasteiger partial charge is 0.490 e. The van der Waals surface area contributed by atoms with E-state index in [1.165, 1.54) is 10.8 Å². The van der Waals surface area contributed by atoms with Crippen LogP contribution in [0, 0.1) is 0 Å². The standard InChI is InChI=1S/C31H33ClN4O3/c1-31(2,3)39-30(37)36-17-22-14-23(32)16-33-28(22)27-26(18-36)34-35-29(27)20-9-11-24(12-10-20)38-25-13-8-19-6-4-5-7-21(19)15-25/h4-8,13-16,20,24H,9-12,17-18H2,1-3H3,(H,34,35). The first-order chi connectivity index (χ1) is 18.7. The van der Waals surface area contributed by atoms with Crippen molar-refractivity contribution in [2.45, 2.75) is 77.2 Å². The van der Waals surface area contributed by atoms with E-state index in [-0.39, 0.29) is 18.1 Å². The number of fused-ring (bicyclic) bond motifs is 4. The topological polar surface area (TPSA) is 80.3 Å². The molecule has 1 amide bonds. The van der Waals surface area contributed by atoms with E-state index in [0.29, 0.717) is 18.1 Å². The van der Waals surface area contributed by atoms with Gasteiger partial charge in [-0.2, -0.15) is 5.10 Å². The first-order valence-corrected chi connectivity index (χ1v) is 14.0. The van der Waals surface area contributed by atoms with Crippen LogP contribution < -0.4 is 4.74 Å². The summed E-state index contributed by atoms with van der Waals surface area (Å²) in [6, 6.07) is 16.5. The Morgan fingerprint density at radius 3 is 2.56 bits per heavy atom. The lowest BCUT2D eigenvalue weighted by atomic mass is 9.83. The Morgan fingerprint density at radius 2 is 1.79 bits per heavy atom. The summed E-state index contributed by atoms with van der Waals surface area (Å²) in [6.07, 6.45) is 5.30. The number of carbonyl (C=O) groups excluding carboxylic acids is 1. The number of nitrogens with zero attached hydrogens (tertiary/aromatic N) is 3. The van der Waals surface area contributed by atoms with Gasteiger partial charge in [0, 0.05) is 17.7 Å². The molecule has 0 saturated heterocycles. The zero-order valence-electron chi connectivity index (χ0n) is 22.5. The third-order valence-corrected chi connectivity index (χ3v) is 7.69. The first-order valence-electron chi connectivity index (χ1n) is 13.6. The van der Waals surface area contributed by atoms with Crippen LogP contribution in [-0.2, 0) is 17.8 Å². The number of pyridine rings is 1. The van der Waals surface area contributed by atoms with Crippen molar-refractivity contribution >= 4 is 28.5 Å². The number of carbonyl (C=O) groups is 1. The maximum Gasteiger partial charge on any atom is 0.410 e. The molecule has 1 saturated carbocycles. The van der Waals surface area contributed by atoms with Crippen molar-refractivity contribution in [3.05, 3.63) is 76.7 Å². The van der Waals surface area contributed by atoms with Gasteiger partial charge < -0.3 is 9.47 Å². The van der Waals surface area contributed by atoms with Crippen molar-refractivity contribution in [2.75, 3.05) is 0 Å². The molecule has 6 rings (SSSR count). The second-order valence-electron chi connectivity index (χ2n) is 11.6. The molecule has 0 atom stereocenters. The summed E-state index contributed by atoms with van der Waals surface area (Å²) < 4.78 is 12.1.